The van der Waals surface area contributed by atoms with E-state index in [0.29, 0.717) is 35.8 Å². The summed E-state index contributed by atoms with van der Waals surface area (Å²) in [6.45, 7) is 0.393. The lowest BCUT2D eigenvalue weighted by Crippen LogP contribution is -2.53. The lowest BCUT2D eigenvalue weighted by molar-refractivity contribution is -0.120. The van der Waals surface area contributed by atoms with Crippen molar-refractivity contribution in [1.82, 2.24) is 15.3 Å². The minimum Gasteiger partial charge on any atom is -0.396 e. The third-order valence-electron chi connectivity index (χ3n) is 4.83. The van der Waals surface area contributed by atoms with Crippen molar-refractivity contribution in [2.24, 2.45) is 0 Å². The van der Waals surface area contributed by atoms with Crippen LogP contribution in [0.15, 0.2) is 42.6 Å². The quantitative estimate of drug-likeness (QED) is 0.574. The lowest BCUT2D eigenvalue weighted by Gasteiger charge is -2.34. The number of aromatic amines is 1. The minimum atomic E-state index is -0.672. The predicted molar refractivity (Wildman–Crippen MR) is 107 cm³/mol. The number of nitrogens with zero attached hydrogens (tertiary/aromatic N) is 2. The highest BCUT2D eigenvalue weighted by molar-refractivity contribution is 6.30. The molecule has 1 unspecified atom stereocenters. The van der Waals surface area contributed by atoms with Gasteiger partial charge < -0.3 is 20.3 Å². The maximum atomic E-state index is 13.0. The van der Waals surface area contributed by atoms with Crippen LogP contribution in [0.5, 0.6) is 0 Å². The van der Waals surface area contributed by atoms with Gasteiger partial charge in [0.1, 0.15) is 16.9 Å². The molecule has 144 valence electrons. The highest BCUT2D eigenvalue weighted by Gasteiger charge is 2.33. The van der Waals surface area contributed by atoms with Gasteiger partial charge in [0.25, 0.3) is 5.91 Å². The van der Waals surface area contributed by atoms with Gasteiger partial charge in [0.05, 0.1) is 11.7 Å². The van der Waals surface area contributed by atoms with Crippen LogP contribution in [0.3, 0.4) is 0 Å². The van der Waals surface area contributed by atoms with E-state index in [1.807, 2.05) is 24.3 Å². The number of para-hydroxylation sites is 1. The van der Waals surface area contributed by atoms with E-state index in [9.17, 15) is 9.59 Å². The Morgan fingerprint density at radius 2 is 2.18 bits per heavy atom. The van der Waals surface area contributed by atoms with Crippen molar-refractivity contribution >= 4 is 40.0 Å². The van der Waals surface area contributed by atoms with E-state index in [-0.39, 0.29) is 18.4 Å². The molecule has 0 fully saturated rings. The molecule has 4 rings (SSSR count). The number of carbonyl (C=O) groups is 2. The number of hydrogen-bond acceptors (Lipinski definition) is 4. The molecule has 7 nitrogen and oxygen atoms in total. The fraction of sp³-hybridized carbons (Fsp3) is 0.250. The van der Waals surface area contributed by atoms with Crippen LogP contribution in [0.4, 0.5) is 5.69 Å². The second-order valence-corrected chi connectivity index (χ2v) is 7.09. The molecule has 1 atom stereocenters. The maximum Gasteiger partial charge on any atom is 0.268 e. The molecule has 1 aliphatic rings. The van der Waals surface area contributed by atoms with Gasteiger partial charge in [0, 0.05) is 30.6 Å². The van der Waals surface area contributed by atoms with Crippen molar-refractivity contribution in [3.63, 3.8) is 0 Å². The average Bonchev–Trinajstić information content (AvgIpc) is 3.11. The van der Waals surface area contributed by atoms with Crippen LogP contribution in [-0.2, 0) is 11.2 Å². The van der Waals surface area contributed by atoms with Crippen molar-refractivity contribution in [1.29, 1.82) is 0 Å². The summed E-state index contributed by atoms with van der Waals surface area (Å²) in [5, 5.41) is 13.1. The number of hydrogen-bond donors (Lipinski definition) is 3. The molecule has 0 saturated carbocycles. The number of benzene rings is 1. The number of carbonyl (C=O) groups excluding carboxylic acids is 2. The van der Waals surface area contributed by atoms with Gasteiger partial charge in [0.2, 0.25) is 5.91 Å². The monoisotopic (exact) mass is 398 g/mol. The topological polar surface area (TPSA) is 98.3 Å². The number of aliphatic hydroxyl groups is 1. The number of rotatable bonds is 5. The second-order valence-electron chi connectivity index (χ2n) is 6.70. The Balaban J connectivity index is 1.58. The number of aliphatic hydroxyl groups excluding tert-OH is 1. The summed E-state index contributed by atoms with van der Waals surface area (Å²) in [4.78, 5) is 34.3. The van der Waals surface area contributed by atoms with E-state index in [1.165, 1.54) is 0 Å². The summed E-state index contributed by atoms with van der Waals surface area (Å²) in [7, 11) is 0. The van der Waals surface area contributed by atoms with Gasteiger partial charge >= 0.3 is 0 Å². The summed E-state index contributed by atoms with van der Waals surface area (Å²) in [6.07, 6.45) is 2.45. The van der Waals surface area contributed by atoms with E-state index < -0.39 is 6.04 Å². The molecule has 0 saturated heterocycles. The minimum absolute atomic E-state index is 0.00533. The Bertz CT molecular complexity index is 1050. The van der Waals surface area contributed by atoms with Gasteiger partial charge in [-0.15, -0.1) is 0 Å². The van der Waals surface area contributed by atoms with E-state index >= 15 is 0 Å². The van der Waals surface area contributed by atoms with Gasteiger partial charge in [-0.05, 0) is 30.2 Å². The van der Waals surface area contributed by atoms with Crippen molar-refractivity contribution in [2.45, 2.75) is 18.9 Å². The first-order valence-electron chi connectivity index (χ1n) is 9.02. The van der Waals surface area contributed by atoms with Crippen LogP contribution in [0.1, 0.15) is 22.5 Å². The summed E-state index contributed by atoms with van der Waals surface area (Å²) in [5.41, 5.74) is 2.85. The second kappa shape index (κ2) is 7.61. The lowest BCUT2D eigenvalue weighted by atomic mass is 9.96. The van der Waals surface area contributed by atoms with Crippen LogP contribution < -0.4 is 10.2 Å². The highest BCUT2D eigenvalue weighted by atomic mass is 35.5. The molecule has 8 heteroatoms. The standard InChI is InChI=1S/C20H19ClN4O3/c21-18-10-13-9-14(23-16(13)11-22-18)19(27)24-15-8-12-4-1-2-5-17(12)25(20(15)28)6-3-7-26/h1-2,4-5,9-11,15,23,26H,3,6-8H2,(H,24,27). The van der Waals surface area contributed by atoms with E-state index in [2.05, 4.69) is 15.3 Å². The van der Waals surface area contributed by atoms with Gasteiger partial charge in [0.15, 0.2) is 0 Å². The number of amides is 2. The van der Waals surface area contributed by atoms with Crippen molar-refractivity contribution < 1.29 is 14.7 Å². The molecule has 1 aliphatic heterocycles. The molecular weight excluding hydrogens is 380 g/mol. The van der Waals surface area contributed by atoms with E-state index in [0.717, 1.165) is 16.6 Å². The fourth-order valence-electron chi connectivity index (χ4n) is 3.50. The van der Waals surface area contributed by atoms with Gasteiger partial charge in [-0.2, -0.15) is 0 Å². The first-order valence-corrected chi connectivity index (χ1v) is 9.40. The normalized spacial score (nSPS) is 16.3. The van der Waals surface area contributed by atoms with Gasteiger partial charge in [-0.25, -0.2) is 4.98 Å². The molecule has 3 N–H and O–H groups in total. The molecule has 0 aliphatic carbocycles. The van der Waals surface area contributed by atoms with Crippen molar-refractivity contribution in [3.8, 4) is 0 Å². The molecular formula is C20H19ClN4O3. The molecule has 0 spiro atoms. The molecule has 0 radical (unpaired) electrons. The van der Waals surface area contributed by atoms with Gasteiger partial charge in [-0.1, -0.05) is 29.8 Å². The number of pyridine rings is 1. The molecule has 2 amide bonds. The number of fused-ring (bicyclic) bond motifs is 2. The zero-order valence-electron chi connectivity index (χ0n) is 15.0. The third kappa shape index (κ3) is 3.46. The fourth-order valence-corrected chi connectivity index (χ4v) is 3.66. The van der Waals surface area contributed by atoms with Crippen LogP contribution in [0.25, 0.3) is 10.9 Å². The zero-order valence-corrected chi connectivity index (χ0v) is 15.7. The molecule has 0 bridgehead atoms. The number of H-pyrrole nitrogens is 1. The molecule has 3 aromatic rings. The summed E-state index contributed by atoms with van der Waals surface area (Å²) in [6, 6.07) is 10.3. The van der Waals surface area contributed by atoms with Crippen LogP contribution in [-0.4, -0.2) is 46.1 Å². The molecule has 28 heavy (non-hydrogen) atoms. The summed E-state index contributed by atoms with van der Waals surface area (Å²) >= 11 is 5.89. The van der Waals surface area contributed by atoms with Crippen LogP contribution in [0.2, 0.25) is 5.15 Å². The predicted octanol–water partition coefficient (Wildman–Crippen LogP) is 2.29. The largest absolute Gasteiger partial charge is 0.396 e. The molecule has 3 heterocycles. The Morgan fingerprint density at radius 1 is 1.36 bits per heavy atom. The average molecular weight is 399 g/mol. The highest BCUT2D eigenvalue weighted by Crippen LogP contribution is 2.28. The Kier molecular flexibility index (Phi) is 5.02. The SMILES string of the molecule is O=C(NC1Cc2ccccc2N(CCCO)C1=O)c1cc2cc(Cl)ncc2[nH]1. The molecule has 2 aromatic heterocycles. The Morgan fingerprint density at radius 3 is 3.00 bits per heavy atom. The van der Waals surface area contributed by atoms with E-state index in [1.54, 1.807) is 23.2 Å². The van der Waals surface area contributed by atoms with Crippen molar-refractivity contribution in [2.75, 3.05) is 18.1 Å². The number of aromatic nitrogens is 2. The summed E-state index contributed by atoms with van der Waals surface area (Å²) < 4.78 is 0. The van der Waals surface area contributed by atoms with E-state index in [4.69, 9.17) is 16.7 Å². The van der Waals surface area contributed by atoms with Crippen LogP contribution in [0, 0.1) is 0 Å². The Labute approximate surface area is 166 Å². The third-order valence-corrected chi connectivity index (χ3v) is 5.04. The Hall–Kier alpha value is -2.90. The first kappa shape index (κ1) is 18.5. The molecule has 1 aromatic carbocycles. The smallest absolute Gasteiger partial charge is 0.268 e. The maximum absolute atomic E-state index is 13.0. The summed E-state index contributed by atoms with van der Waals surface area (Å²) in [5.74, 6) is -0.548. The number of nitrogens with one attached hydrogen (secondary N) is 2. The number of anilines is 1. The first-order chi connectivity index (χ1) is 13.6. The van der Waals surface area contributed by atoms with Crippen LogP contribution >= 0.6 is 11.6 Å². The zero-order chi connectivity index (χ0) is 19.7. The number of halogens is 1. The van der Waals surface area contributed by atoms with Gasteiger partial charge in [-0.3, -0.25) is 9.59 Å². The van der Waals surface area contributed by atoms with Crippen molar-refractivity contribution in [3.05, 3.63) is 59.0 Å².